The van der Waals surface area contributed by atoms with E-state index in [1.807, 2.05) is 0 Å². The monoisotopic (exact) mass is 247 g/mol. The van der Waals surface area contributed by atoms with Gasteiger partial charge in [-0.1, -0.05) is 19.9 Å². The molecule has 0 aromatic rings. The van der Waals surface area contributed by atoms with Gasteiger partial charge in [0.25, 0.3) is 0 Å². The average molecular weight is 247 g/mol. The van der Waals surface area contributed by atoms with Gasteiger partial charge in [0.2, 0.25) is 0 Å². The smallest absolute Gasteiger partial charge is 0.141 e. The Kier molecular flexibility index (Phi) is 2.22. The summed E-state index contributed by atoms with van der Waals surface area (Å²) in [5.74, 6) is 0.835. The van der Waals surface area contributed by atoms with Crippen LogP contribution in [-0.2, 0) is 4.74 Å². The summed E-state index contributed by atoms with van der Waals surface area (Å²) < 4.78 is 6.44. The quantitative estimate of drug-likeness (QED) is 0.647. The summed E-state index contributed by atoms with van der Waals surface area (Å²) in [6.07, 6.45) is 12.2. The highest BCUT2D eigenvalue weighted by molar-refractivity contribution is 5.23. The van der Waals surface area contributed by atoms with Gasteiger partial charge in [-0.25, -0.2) is 0 Å². The summed E-state index contributed by atoms with van der Waals surface area (Å²) >= 11 is 0. The number of ether oxygens (including phenoxy) is 1. The van der Waals surface area contributed by atoms with E-state index in [2.05, 4.69) is 24.8 Å². The van der Waals surface area contributed by atoms with Crippen LogP contribution in [0.15, 0.2) is 11.8 Å². The van der Waals surface area contributed by atoms with Crippen molar-refractivity contribution in [1.82, 2.24) is 4.90 Å². The van der Waals surface area contributed by atoms with Crippen LogP contribution >= 0.6 is 0 Å². The van der Waals surface area contributed by atoms with E-state index in [0.29, 0.717) is 11.5 Å². The van der Waals surface area contributed by atoms with Gasteiger partial charge < -0.3 is 9.64 Å². The average Bonchev–Trinajstić information content (AvgIpc) is 2.60. The maximum Gasteiger partial charge on any atom is 0.141 e. The minimum absolute atomic E-state index is 0.0883. The summed E-state index contributed by atoms with van der Waals surface area (Å²) in [5, 5.41) is 0. The molecule has 0 saturated carbocycles. The number of piperidine rings is 1. The molecule has 3 saturated heterocycles. The lowest BCUT2D eigenvalue weighted by atomic mass is 9.68. The van der Waals surface area contributed by atoms with Crippen LogP contribution in [0.5, 0.6) is 0 Å². The third-order valence-electron chi connectivity index (χ3n) is 5.84. The standard InChI is InChI=1S/C16H25NO/c1-12-9-13-11-17-14-5-3-4-6-15(14,2)7-8-16(17,10-12)18-13/h5,12-13H,3-4,6-11H2,1-2H3/t12-,13-,15+,16+/m0/s1. The number of hydrogen-bond donors (Lipinski definition) is 0. The molecule has 0 aromatic carbocycles. The van der Waals surface area contributed by atoms with Gasteiger partial charge in [0, 0.05) is 17.7 Å². The van der Waals surface area contributed by atoms with Crippen LogP contribution in [0.2, 0.25) is 0 Å². The van der Waals surface area contributed by atoms with Gasteiger partial charge in [-0.15, -0.1) is 0 Å². The lowest BCUT2D eigenvalue weighted by molar-refractivity contribution is -0.163. The molecule has 1 spiro atoms. The van der Waals surface area contributed by atoms with Gasteiger partial charge in [-0.05, 0) is 50.9 Å². The molecular formula is C16H25NO. The molecule has 100 valence electrons. The van der Waals surface area contributed by atoms with Gasteiger partial charge in [-0.3, -0.25) is 0 Å². The van der Waals surface area contributed by atoms with Gasteiger partial charge >= 0.3 is 0 Å². The molecule has 18 heavy (non-hydrogen) atoms. The summed E-state index contributed by atoms with van der Waals surface area (Å²) in [6, 6.07) is 0. The van der Waals surface area contributed by atoms with Crippen molar-refractivity contribution >= 4 is 0 Å². The Labute approximate surface area is 110 Å². The maximum atomic E-state index is 6.44. The van der Waals surface area contributed by atoms with Crippen LogP contribution in [0.1, 0.15) is 58.8 Å². The number of allylic oxidation sites excluding steroid dienone is 2. The fraction of sp³-hybridized carbons (Fsp3) is 0.875. The second kappa shape index (κ2) is 3.53. The van der Waals surface area contributed by atoms with Crippen LogP contribution in [0.4, 0.5) is 0 Å². The van der Waals surface area contributed by atoms with Crippen LogP contribution in [0.25, 0.3) is 0 Å². The minimum Gasteiger partial charge on any atom is -0.351 e. The summed E-state index contributed by atoms with van der Waals surface area (Å²) in [5.41, 5.74) is 2.18. The lowest BCUT2D eigenvalue weighted by Gasteiger charge is -2.54. The fourth-order valence-corrected chi connectivity index (χ4v) is 5.02. The molecule has 0 aromatic heterocycles. The van der Waals surface area contributed by atoms with Crippen molar-refractivity contribution in [1.29, 1.82) is 0 Å². The first-order valence-electron chi connectivity index (χ1n) is 7.77. The Hall–Kier alpha value is -0.500. The van der Waals surface area contributed by atoms with Crippen molar-refractivity contribution in [2.45, 2.75) is 70.6 Å². The summed E-state index contributed by atoms with van der Waals surface area (Å²) in [4.78, 5) is 2.68. The molecule has 3 fully saturated rings. The normalized spacial score (nSPS) is 50.6. The molecule has 0 radical (unpaired) electrons. The van der Waals surface area contributed by atoms with Gasteiger partial charge in [-0.2, -0.15) is 0 Å². The van der Waals surface area contributed by atoms with E-state index in [4.69, 9.17) is 4.74 Å². The van der Waals surface area contributed by atoms with E-state index in [9.17, 15) is 0 Å². The maximum absolute atomic E-state index is 6.44. The van der Waals surface area contributed by atoms with Gasteiger partial charge in [0.05, 0.1) is 6.10 Å². The first-order valence-corrected chi connectivity index (χ1v) is 7.77. The number of rotatable bonds is 0. The number of fused-ring (bicyclic) bond motifs is 3. The summed E-state index contributed by atoms with van der Waals surface area (Å²) in [6.45, 7) is 6.05. The first-order chi connectivity index (χ1) is 8.61. The topological polar surface area (TPSA) is 12.5 Å². The van der Waals surface area contributed by atoms with Crippen LogP contribution in [-0.4, -0.2) is 23.3 Å². The van der Waals surface area contributed by atoms with Crippen LogP contribution in [0, 0.1) is 11.3 Å². The molecule has 0 N–H and O–H groups in total. The van der Waals surface area contributed by atoms with Crippen molar-refractivity contribution in [3.05, 3.63) is 11.8 Å². The molecular weight excluding hydrogens is 222 g/mol. The zero-order valence-electron chi connectivity index (χ0n) is 11.7. The van der Waals surface area contributed by atoms with E-state index < -0.39 is 0 Å². The lowest BCUT2D eigenvalue weighted by Crippen LogP contribution is -2.54. The molecule has 3 heterocycles. The second-order valence-corrected chi connectivity index (χ2v) is 7.38. The molecule has 0 unspecified atom stereocenters. The van der Waals surface area contributed by atoms with E-state index in [0.717, 1.165) is 12.5 Å². The highest BCUT2D eigenvalue weighted by Crippen LogP contribution is 2.57. The largest absolute Gasteiger partial charge is 0.351 e. The predicted octanol–water partition coefficient (Wildman–Crippen LogP) is 3.68. The molecule has 4 aliphatic rings. The highest BCUT2D eigenvalue weighted by Gasteiger charge is 2.57. The van der Waals surface area contributed by atoms with Crippen molar-refractivity contribution in [3.63, 3.8) is 0 Å². The molecule has 4 rings (SSSR count). The van der Waals surface area contributed by atoms with Crippen molar-refractivity contribution in [2.24, 2.45) is 11.3 Å². The Morgan fingerprint density at radius 2 is 2.22 bits per heavy atom. The van der Waals surface area contributed by atoms with Crippen LogP contribution in [0.3, 0.4) is 0 Å². The Morgan fingerprint density at radius 3 is 3.11 bits per heavy atom. The molecule has 2 heteroatoms. The van der Waals surface area contributed by atoms with E-state index >= 15 is 0 Å². The molecule has 0 amide bonds. The van der Waals surface area contributed by atoms with Gasteiger partial charge in [0.1, 0.15) is 5.72 Å². The van der Waals surface area contributed by atoms with Crippen molar-refractivity contribution in [3.8, 4) is 0 Å². The number of hydrogen-bond acceptors (Lipinski definition) is 2. The third-order valence-corrected chi connectivity index (χ3v) is 5.84. The minimum atomic E-state index is 0.0883. The zero-order valence-corrected chi connectivity index (χ0v) is 11.7. The second-order valence-electron chi connectivity index (χ2n) is 7.38. The Morgan fingerprint density at radius 1 is 1.33 bits per heavy atom. The first kappa shape index (κ1) is 11.3. The number of nitrogens with zero attached hydrogens (tertiary/aromatic N) is 1. The van der Waals surface area contributed by atoms with E-state index in [1.165, 1.54) is 44.9 Å². The predicted molar refractivity (Wildman–Crippen MR) is 72.0 cm³/mol. The van der Waals surface area contributed by atoms with Crippen molar-refractivity contribution in [2.75, 3.05) is 6.54 Å². The Bertz CT molecular complexity index is 404. The summed E-state index contributed by atoms with van der Waals surface area (Å²) in [7, 11) is 0. The molecule has 1 aliphatic carbocycles. The van der Waals surface area contributed by atoms with Crippen molar-refractivity contribution < 1.29 is 4.74 Å². The zero-order chi connectivity index (χ0) is 12.4. The Balaban J connectivity index is 1.74. The molecule has 4 atom stereocenters. The van der Waals surface area contributed by atoms with E-state index in [1.54, 1.807) is 5.70 Å². The molecule has 3 aliphatic heterocycles. The van der Waals surface area contributed by atoms with Crippen LogP contribution < -0.4 is 0 Å². The molecule has 2 nitrogen and oxygen atoms in total. The van der Waals surface area contributed by atoms with Gasteiger partial charge in [0.15, 0.2) is 0 Å². The third kappa shape index (κ3) is 1.39. The van der Waals surface area contributed by atoms with E-state index in [-0.39, 0.29) is 5.72 Å². The highest BCUT2D eigenvalue weighted by atomic mass is 16.5. The molecule has 2 bridgehead atoms. The SMILES string of the molecule is C[C@H]1C[C@H]2CN3C4=CCCC[C@]4(C)CC[C@]3(C1)O2. The fourth-order valence-electron chi connectivity index (χ4n) is 5.02.